The van der Waals surface area contributed by atoms with E-state index in [1.165, 1.54) is 0 Å². The molecule has 0 bridgehead atoms. The van der Waals surface area contributed by atoms with Gasteiger partial charge in [0.05, 0.1) is 0 Å². The molecule has 4 heteroatoms. The monoisotopic (exact) mass is 118 g/mol. The van der Waals surface area contributed by atoms with Crippen molar-refractivity contribution in [2.24, 2.45) is 0 Å². The van der Waals surface area contributed by atoms with Crippen LogP contribution < -0.4 is 9.41 Å². The van der Waals surface area contributed by atoms with Crippen molar-refractivity contribution in [2.75, 3.05) is 0 Å². The van der Waals surface area contributed by atoms with Crippen molar-refractivity contribution in [1.82, 2.24) is 0 Å². The number of hydrogen-bond acceptors (Lipinski definition) is 0. The molecule has 0 spiro atoms. The molecule has 0 saturated heterocycles. The number of halogens is 2. The van der Waals surface area contributed by atoms with Gasteiger partial charge in [-0.15, -0.1) is 0 Å². The molecule has 0 radical (unpaired) electrons. The van der Waals surface area contributed by atoms with Crippen molar-refractivity contribution in [3.8, 4) is 0 Å². The van der Waals surface area contributed by atoms with Crippen molar-refractivity contribution in [3.05, 3.63) is 0 Å². The van der Waals surface area contributed by atoms with Crippen molar-refractivity contribution >= 4 is 75.5 Å². The Bertz CT molecular complexity index is 4.00. The van der Waals surface area contributed by atoms with Crippen LogP contribution in [0.2, 0.25) is 0 Å². The molecule has 0 aromatic carbocycles. The van der Waals surface area contributed by atoms with Gasteiger partial charge in [-0.25, -0.2) is 0 Å². The Morgan fingerprint density at radius 3 is 0.500 bits per heavy atom. The molecule has 0 amide bonds. The molecule has 0 nitrogen and oxygen atoms in total. The molecule has 0 aromatic heterocycles. The van der Waals surface area contributed by atoms with Crippen molar-refractivity contribution in [2.45, 2.75) is 0 Å². The van der Waals surface area contributed by atoms with Gasteiger partial charge in [0.1, 0.15) is 0 Å². The van der Waals surface area contributed by atoms with E-state index in [1.807, 2.05) is 0 Å². The summed E-state index contributed by atoms with van der Waals surface area (Å²) in [7, 11) is 0. The zero-order valence-electron chi connectivity index (χ0n) is 2.17. The number of rotatable bonds is 0. The number of hydrogen-bond donors (Lipinski definition) is 0. The molecule has 0 rings (SSSR count). The molecule has 4 heavy (non-hydrogen) atoms. The molecule has 0 heterocycles. The predicted octanol–water partition coefficient (Wildman–Crippen LogP) is -6.75. The van der Waals surface area contributed by atoms with Crippen LogP contribution in [0.25, 0.3) is 0 Å². The fourth-order valence-electron chi connectivity index (χ4n) is 0. The molecule has 0 unspecified atom stereocenters. The molecule has 0 aliphatic heterocycles. The molecule has 0 saturated carbocycles. The Hall–Kier alpha value is 2.38. The average Bonchev–Trinajstić information content (AvgIpc) is 0. The summed E-state index contributed by atoms with van der Waals surface area (Å²) >= 11 is 0. The minimum Gasteiger partial charge on any atom is -1.00 e. The summed E-state index contributed by atoms with van der Waals surface area (Å²) in [6.07, 6.45) is 0. The molecule has 0 N–H and O–H groups in total. The third kappa shape index (κ3) is 8.83. The second kappa shape index (κ2) is 18.2. The zero-order chi connectivity index (χ0) is 0. The van der Waals surface area contributed by atoms with Crippen LogP contribution in [0.4, 0.5) is 0 Å². The van der Waals surface area contributed by atoms with Crippen molar-refractivity contribution < 1.29 is 9.41 Å². The molecule has 0 aliphatic carbocycles. The van der Waals surface area contributed by atoms with Crippen LogP contribution >= 0.6 is 0 Å². The van der Waals surface area contributed by atoms with E-state index in [2.05, 4.69) is 0 Å². The molecule has 0 aliphatic rings. The van der Waals surface area contributed by atoms with Crippen LogP contribution in [0.15, 0.2) is 0 Å². The van der Waals surface area contributed by atoms with Gasteiger partial charge < -0.3 is 9.41 Å². The van der Waals surface area contributed by atoms with E-state index in [-0.39, 0.29) is 84.9 Å². The van der Waals surface area contributed by atoms with E-state index in [4.69, 9.17) is 0 Å². The van der Waals surface area contributed by atoms with Crippen LogP contribution in [0.1, 0.15) is 0 Å². The van der Waals surface area contributed by atoms with Gasteiger partial charge in [0.25, 0.3) is 0 Å². The first-order valence-electron chi connectivity index (χ1n) is 0. The molecule has 0 aromatic rings. The first kappa shape index (κ1) is 32.6. The summed E-state index contributed by atoms with van der Waals surface area (Å²) in [5.74, 6) is 0. The van der Waals surface area contributed by atoms with Crippen LogP contribution in [0.5, 0.6) is 0 Å². The Kier molecular flexibility index (Phi) is 149. The zero-order valence-corrected chi connectivity index (χ0v) is 6.59. The Labute approximate surface area is 83.1 Å². The minimum absolute atomic E-state index is 0. The summed E-state index contributed by atoms with van der Waals surface area (Å²) in [5.41, 5.74) is 0. The Balaban J connectivity index is 0. The van der Waals surface area contributed by atoms with E-state index in [1.54, 1.807) is 0 Å². The smallest absolute Gasteiger partial charge is 1.00 e. The molecule has 0 atom stereocenters. The quantitative estimate of drug-likeness (QED) is 0.277. The summed E-state index contributed by atoms with van der Waals surface area (Å²) in [6.45, 7) is 0. The average molecular weight is 118 g/mol. The first-order chi connectivity index (χ1) is 0. The Morgan fingerprint density at radius 2 is 0.500 bits per heavy atom. The maximum atomic E-state index is 0. The van der Waals surface area contributed by atoms with Gasteiger partial charge in [-0.05, 0) is 0 Å². The van der Waals surface area contributed by atoms with Crippen LogP contribution in [0.3, 0.4) is 0 Å². The van der Waals surface area contributed by atoms with E-state index >= 15 is 0 Å². The Morgan fingerprint density at radius 1 is 0.500 bits per heavy atom. The SMILES string of the molecule is [Ca+2].[Ca+2].[F-].[F-]. The summed E-state index contributed by atoms with van der Waals surface area (Å²) in [6, 6.07) is 0. The summed E-state index contributed by atoms with van der Waals surface area (Å²) in [4.78, 5) is 0. The third-order valence-electron chi connectivity index (χ3n) is 0. The molecular weight excluding hydrogens is 118 g/mol. The van der Waals surface area contributed by atoms with Crippen molar-refractivity contribution in [1.29, 1.82) is 0 Å². The van der Waals surface area contributed by atoms with Crippen LogP contribution in [0, 0.1) is 0 Å². The summed E-state index contributed by atoms with van der Waals surface area (Å²) < 4.78 is 0. The van der Waals surface area contributed by atoms with Gasteiger partial charge in [0.15, 0.2) is 0 Å². The summed E-state index contributed by atoms with van der Waals surface area (Å²) in [5, 5.41) is 0. The second-order valence-corrected chi connectivity index (χ2v) is 0. The maximum absolute atomic E-state index is 0. The van der Waals surface area contributed by atoms with E-state index < -0.39 is 0 Å². The normalized spacial score (nSPS) is 0. The fraction of sp³-hybridized carbons (Fsp3) is 0. The van der Waals surface area contributed by atoms with Gasteiger partial charge >= 0.3 is 75.5 Å². The second-order valence-electron chi connectivity index (χ2n) is 0. The van der Waals surface area contributed by atoms with Gasteiger partial charge in [-0.2, -0.15) is 0 Å². The van der Waals surface area contributed by atoms with Crippen LogP contribution in [-0.2, 0) is 0 Å². The maximum Gasteiger partial charge on any atom is 2.00 e. The van der Waals surface area contributed by atoms with E-state index in [0.717, 1.165) is 0 Å². The first-order valence-corrected chi connectivity index (χ1v) is 0. The third-order valence-corrected chi connectivity index (χ3v) is 0. The molecule has 0 fully saturated rings. The molecule has 16 valence electrons. The van der Waals surface area contributed by atoms with Gasteiger partial charge in [-0.1, -0.05) is 0 Å². The van der Waals surface area contributed by atoms with Gasteiger partial charge in [0, 0.05) is 0 Å². The minimum atomic E-state index is 0. The van der Waals surface area contributed by atoms with Gasteiger partial charge in [-0.3, -0.25) is 0 Å². The fourth-order valence-corrected chi connectivity index (χ4v) is 0. The largest absolute Gasteiger partial charge is 2.00 e. The molecular formula is Ca2F2+2. The standard InChI is InChI=1S/2Ca.2FH/h;;2*1H/q2*+2;;/p-2. The van der Waals surface area contributed by atoms with E-state index in [0.29, 0.717) is 0 Å². The van der Waals surface area contributed by atoms with Crippen molar-refractivity contribution in [3.63, 3.8) is 0 Å². The van der Waals surface area contributed by atoms with E-state index in [9.17, 15) is 0 Å². The van der Waals surface area contributed by atoms with Crippen LogP contribution in [-0.4, -0.2) is 75.5 Å². The predicted molar refractivity (Wildman–Crippen MR) is 11.5 cm³/mol. The topological polar surface area (TPSA) is 0 Å². The van der Waals surface area contributed by atoms with Gasteiger partial charge in [0.2, 0.25) is 0 Å².